The summed E-state index contributed by atoms with van der Waals surface area (Å²) in [6.45, 7) is 5.24. The molecule has 1 aliphatic heterocycles. The molecule has 3 heterocycles. The lowest BCUT2D eigenvalue weighted by molar-refractivity contribution is -0.193. The van der Waals surface area contributed by atoms with Gasteiger partial charge in [0.15, 0.2) is 0 Å². The summed E-state index contributed by atoms with van der Waals surface area (Å²) in [6, 6.07) is 6.54. The molecule has 3 N–H and O–H groups in total. The number of carbonyl (C=O) groups is 3. The molecule has 0 spiro atoms. The Balaban J connectivity index is 0.000000396. The number of rotatable bonds is 5. The Morgan fingerprint density at radius 1 is 0.933 bits per heavy atom. The number of hydrogen-bond donors (Lipinski definition) is 3. The number of morpholine rings is 1. The Hall–Kier alpha value is -3.56. The molecule has 4 rings (SSSR count). The molecule has 0 radical (unpaired) electrons. The molecule has 254 valence electrons. The van der Waals surface area contributed by atoms with E-state index in [0.29, 0.717) is 12.6 Å². The minimum atomic E-state index is -5.08. The Morgan fingerprint density at radius 2 is 1.47 bits per heavy atom. The van der Waals surface area contributed by atoms with Gasteiger partial charge in [-0.3, -0.25) is 9.88 Å². The number of aryl methyl sites for hydroxylation is 1. The van der Waals surface area contributed by atoms with E-state index in [4.69, 9.17) is 39.2 Å². The summed E-state index contributed by atoms with van der Waals surface area (Å²) >= 11 is 1.67. The van der Waals surface area contributed by atoms with Gasteiger partial charge >= 0.3 is 36.4 Å². The smallest absolute Gasteiger partial charge is 0.475 e. The number of nitrogens with zero attached hydrogens (tertiary/aromatic N) is 3. The molecule has 0 unspecified atom stereocenters. The largest absolute Gasteiger partial charge is 0.490 e. The molecule has 2 aromatic heterocycles. The van der Waals surface area contributed by atoms with Crippen molar-refractivity contribution in [2.45, 2.75) is 69.7 Å². The van der Waals surface area contributed by atoms with Crippen LogP contribution in [-0.2, 0) is 37.0 Å². The van der Waals surface area contributed by atoms with E-state index in [-0.39, 0.29) is 12.2 Å². The van der Waals surface area contributed by atoms with Crippen LogP contribution in [0.1, 0.15) is 29.2 Å². The van der Waals surface area contributed by atoms with Gasteiger partial charge in [-0.2, -0.15) is 39.5 Å². The number of alkyl halides is 9. The second-order valence-corrected chi connectivity index (χ2v) is 9.95. The predicted octanol–water partition coefficient (Wildman–Crippen LogP) is 4.70. The van der Waals surface area contributed by atoms with E-state index in [2.05, 4.69) is 32.4 Å². The molecule has 2 aromatic rings. The molecule has 21 heteroatoms. The molecular weight excluding hydrogens is 661 g/mol. The van der Waals surface area contributed by atoms with Crippen LogP contribution in [0.25, 0.3) is 0 Å². The topological polar surface area (TPSA) is 159 Å². The molecule has 0 amide bonds. The summed E-state index contributed by atoms with van der Waals surface area (Å²) in [5, 5.41) is 24.5. The maximum atomic E-state index is 10.6. The first-order valence-electron chi connectivity index (χ1n) is 12.3. The van der Waals surface area contributed by atoms with E-state index in [9.17, 15) is 39.5 Å². The van der Waals surface area contributed by atoms with Crippen molar-refractivity contribution in [1.29, 1.82) is 0 Å². The Kier molecular flexibility index (Phi) is 15.1. The van der Waals surface area contributed by atoms with E-state index in [1.807, 2.05) is 19.2 Å². The van der Waals surface area contributed by atoms with Crippen molar-refractivity contribution in [3.05, 3.63) is 46.2 Å². The molecule has 0 aromatic carbocycles. The Morgan fingerprint density at radius 3 is 1.89 bits per heavy atom. The van der Waals surface area contributed by atoms with Crippen LogP contribution in [0.15, 0.2) is 29.8 Å². The number of pyridine rings is 1. The van der Waals surface area contributed by atoms with E-state index in [1.54, 1.807) is 11.3 Å². The first-order chi connectivity index (χ1) is 20.6. The van der Waals surface area contributed by atoms with Crippen molar-refractivity contribution in [1.82, 2.24) is 14.9 Å². The summed E-state index contributed by atoms with van der Waals surface area (Å²) in [7, 11) is 0. The third kappa shape index (κ3) is 14.8. The van der Waals surface area contributed by atoms with Crippen LogP contribution in [0.5, 0.6) is 0 Å². The number of aromatic nitrogens is 2. The molecule has 2 fully saturated rings. The van der Waals surface area contributed by atoms with Crippen molar-refractivity contribution >= 4 is 29.2 Å². The van der Waals surface area contributed by atoms with E-state index >= 15 is 0 Å². The van der Waals surface area contributed by atoms with Gasteiger partial charge in [0.25, 0.3) is 0 Å². The molecule has 1 saturated heterocycles. The quantitative estimate of drug-likeness (QED) is 0.374. The fourth-order valence-electron chi connectivity index (χ4n) is 3.73. The van der Waals surface area contributed by atoms with Crippen molar-refractivity contribution < 1.29 is 78.7 Å². The van der Waals surface area contributed by atoms with Crippen molar-refractivity contribution in [3.8, 4) is 0 Å². The van der Waals surface area contributed by atoms with Gasteiger partial charge in [0.1, 0.15) is 0 Å². The second-order valence-electron chi connectivity index (χ2n) is 8.89. The standard InChI is InChI=1S/C18H23N3O2S.3C2HF3O2/c1-13-20-15(12-24-13)11-23-17-6-5-16-18(17)22-9-8-21(16)10-14-4-2-3-7-19-14;3*3-2(4,5)1(6)7/h2-4,7,12,16-18H,5-6,8-11H2,1H3;3*(H,6,7)/t16-,17+,18+;;;/m0.../s1. The summed E-state index contributed by atoms with van der Waals surface area (Å²) in [4.78, 5) is 38.1. The highest BCUT2D eigenvalue weighted by molar-refractivity contribution is 7.09. The number of halogens is 9. The minimum Gasteiger partial charge on any atom is -0.475 e. The molecule has 45 heavy (non-hydrogen) atoms. The lowest BCUT2D eigenvalue weighted by Gasteiger charge is -2.38. The summed E-state index contributed by atoms with van der Waals surface area (Å²) in [5.74, 6) is -8.27. The van der Waals surface area contributed by atoms with E-state index in [0.717, 1.165) is 48.9 Å². The van der Waals surface area contributed by atoms with Crippen LogP contribution in [-0.4, -0.2) is 98.0 Å². The molecule has 11 nitrogen and oxygen atoms in total. The Labute approximate surface area is 252 Å². The maximum absolute atomic E-state index is 10.6. The third-order valence-corrected chi connectivity index (χ3v) is 6.40. The normalized spacial score (nSPS) is 19.8. The van der Waals surface area contributed by atoms with E-state index < -0.39 is 36.4 Å². The summed E-state index contributed by atoms with van der Waals surface area (Å²) in [5.41, 5.74) is 2.16. The van der Waals surface area contributed by atoms with Crippen LogP contribution >= 0.6 is 11.3 Å². The van der Waals surface area contributed by atoms with Crippen molar-refractivity contribution in [2.75, 3.05) is 13.2 Å². The molecule has 1 aliphatic carbocycles. The molecular formula is C24H26F9N3O8S. The molecule has 3 atom stereocenters. The van der Waals surface area contributed by atoms with Crippen molar-refractivity contribution in [2.24, 2.45) is 0 Å². The fraction of sp³-hybridized carbons (Fsp3) is 0.542. The third-order valence-electron chi connectivity index (χ3n) is 5.58. The summed E-state index contributed by atoms with van der Waals surface area (Å²) in [6.07, 6.45) is -10.9. The van der Waals surface area contributed by atoms with Gasteiger partial charge in [-0.1, -0.05) is 6.07 Å². The maximum Gasteiger partial charge on any atom is 0.490 e. The van der Waals surface area contributed by atoms with Crippen LogP contribution < -0.4 is 0 Å². The number of hydrogen-bond acceptors (Lipinski definition) is 9. The van der Waals surface area contributed by atoms with Gasteiger partial charge in [-0.15, -0.1) is 11.3 Å². The van der Waals surface area contributed by atoms with Crippen LogP contribution in [0, 0.1) is 6.92 Å². The van der Waals surface area contributed by atoms with Crippen LogP contribution in [0.2, 0.25) is 0 Å². The first kappa shape index (κ1) is 39.5. The average molecular weight is 688 g/mol. The molecule has 2 aliphatic rings. The zero-order valence-corrected chi connectivity index (χ0v) is 23.7. The average Bonchev–Trinajstić information content (AvgIpc) is 3.54. The number of carboxylic acid groups (broad SMARTS) is 3. The van der Waals surface area contributed by atoms with Gasteiger partial charge in [-0.25, -0.2) is 19.4 Å². The number of ether oxygens (including phenoxy) is 2. The Bertz CT molecular complexity index is 1170. The highest BCUT2D eigenvalue weighted by Gasteiger charge is 2.43. The zero-order chi connectivity index (χ0) is 34.6. The van der Waals surface area contributed by atoms with Crippen molar-refractivity contribution in [3.63, 3.8) is 0 Å². The molecule has 1 saturated carbocycles. The summed E-state index contributed by atoms with van der Waals surface area (Å²) < 4.78 is 107. The van der Waals surface area contributed by atoms with Crippen LogP contribution in [0.3, 0.4) is 0 Å². The number of fused-ring (bicyclic) bond motifs is 1. The van der Waals surface area contributed by atoms with Gasteiger partial charge in [0, 0.05) is 30.7 Å². The fourth-order valence-corrected chi connectivity index (χ4v) is 4.33. The lowest BCUT2D eigenvalue weighted by Crippen LogP contribution is -2.51. The first-order valence-corrected chi connectivity index (χ1v) is 13.2. The van der Waals surface area contributed by atoms with Gasteiger partial charge in [-0.05, 0) is 31.9 Å². The van der Waals surface area contributed by atoms with E-state index in [1.165, 1.54) is 0 Å². The zero-order valence-electron chi connectivity index (χ0n) is 22.9. The second kappa shape index (κ2) is 17.2. The lowest BCUT2D eigenvalue weighted by atomic mass is 10.1. The number of aliphatic carboxylic acids is 3. The predicted molar refractivity (Wildman–Crippen MR) is 134 cm³/mol. The highest BCUT2D eigenvalue weighted by Crippen LogP contribution is 2.33. The van der Waals surface area contributed by atoms with Gasteiger partial charge in [0.05, 0.1) is 41.8 Å². The monoisotopic (exact) mass is 687 g/mol. The molecule has 0 bridgehead atoms. The highest BCUT2D eigenvalue weighted by atomic mass is 32.1. The van der Waals surface area contributed by atoms with Gasteiger partial charge < -0.3 is 24.8 Å². The van der Waals surface area contributed by atoms with Crippen LogP contribution in [0.4, 0.5) is 39.5 Å². The number of carboxylic acids is 3. The minimum absolute atomic E-state index is 0.169. The number of thiazole rings is 1. The SMILES string of the molecule is Cc1nc(CO[C@@H]2CC[C@H]3[C@H]2OCCN3Cc2ccccn2)cs1.O=C(O)C(F)(F)F.O=C(O)C(F)(F)F.O=C(O)C(F)(F)F. The van der Waals surface area contributed by atoms with Gasteiger partial charge in [0.2, 0.25) is 0 Å².